The van der Waals surface area contributed by atoms with Crippen LogP contribution < -0.4 is 10.5 Å². The summed E-state index contributed by atoms with van der Waals surface area (Å²) in [5, 5.41) is 0. The fraction of sp³-hybridized carbons (Fsp3) is 0.455. The molecule has 2 N–H and O–H groups in total. The van der Waals surface area contributed by atoms with Crippen LogP contribution in [0.3, 0.4) is 0 Å². The molecular weight excluding hydrogens is 176 g/mol. The third-order valence-corrected chi connectivity index (χ3v) is 2.70. The van der Waals surface area contributed by atoms with E-state index in [4.69, 9.17) is 10.5 Å². The van der Waals surface area contributed by atoms with Crippen LogP contribution in [-0.4, -0.2) is 25.6 Å². The van der Waals surface area contributed by atoms with Gasteiger partial charge in [0.05, 0.1) is 7.11 Å². The first-order valence-electron chi connectivity index (χ1n) is 4.82. The number of nitrogens with zero attached hydrogens (tertiary/aromatic N) is 1. The zero-order valence-electron chi connectivity index (χ0n) is 8.66. The summed E-state index contributed by atoms with van der Waals surface area (Å²) in [7, 11) is 3.78. The Morgan fingerprint density at radius 3 is 3.00 bits per heavy atom. The highest BCUT2D eigenvalue weighted by atomic mass is 16.5. The summed E-state index contributed by atoms with van der Waals surface area (Å²) in [6.45, 7) is 1.85. The van der Waals surface area contributed by atoms with Gasteiger partial charge in [-0.05, 0) is 18.7 Å². The highest BCUT2D eigenvalue weighted by Crippen LogP contribution is 2.31. The van der Waals surface area contributed by atoms with Crippen LogP contribution >= 0.6 is 0 Å². The maximum absolute atomic E-state index is 6.09. The molecule has 0 fully saturated rings. The average molecular weight is 192 g/mol. The standard InChI is InChI=1S/C11H16N2O/c1-13-6-8-4-3-5-10(14-2)11(8)9(12)7-13/h3-5,9H,6-7,12H2,1-2H3. The maximum atomic E-state index is 6.09. The molecule has 14 heavy (non-hydrogen) atoms. The third-order valence-electron chi connectivity index (χ3n) is 2.70. The van der Waals surface area contributed by atoms with Crippen molar-refractivity contribution >= 4 is 0 Å². The molecule has 1 heterocycles. The van der Waals surface area contributed by atoms with Crippen molar-refractivity contribution in [2.45, 2.75) is 12.6 Å². The molecule has 1 unspecified atom stereocenters. The van der Waals surface area contributed by atoms with Gasteiger partial charge in [-0.2, -0.15) is 0 Å². The van der Waals surface area contributed by atoms with Gasteiger partial charge in [-0.15, -0.1) is 0 Å². The van der Waals surface area contributed by atoms with Gasteiger partial charge in [0.1, 0.15) is 5.75 Å². The van der Waals surface area contributed by atoms with E-state index in [1.807, 2.05) is 12.1 Å². The van der Waals surface area contributed by atoms with Gasteiger partial charge >= 0.3 is 0 Å². The molecule has 0 spiro atoms. The Morgan fingerprint density at radius 1 is 1.50 bits per heavy atom. The van der Waals surface area contributed by atoms with Crippen LogP contribution in [0.15, 0.2) is 18.2 Å². The molecule has 0 aromatic heterocycles. The van der Waals surface area contributed by atoms with Gasteiger partial charge < -0.3 is 15.4 Å². The molecule has 0 radical (unpaired) electrons. The maximum Gasteiger partial charge on any atom is 0.124 e. The van der Waals surface area contributed by atoms with Crippen molar-refractivity contribution < 1.29 is 4.74 Å². The van der Waals surface area contributed by atoms with Crippen LogP contribution in [0, 0.1) is 0 Å². The summed E-state index contributed by atoms with van der Waals surface area (Å²) in [6, 6.07) is 6.18. The van der Waals surface area contributed by atoms with Crippen molar-refractivity contribution in [3.8, 4) is 5.75 Å². The number of hydrogen-bond acceptors (Lipinski definition) is 3. The van der Waals surface area contributed by atoms with Crippen LogP contribution in [0.5, 0.6) is 5.75 Å². The van der Waals surface area contributed by atoms with Crippen molar-refractivity contribution in [2.75, 3.05) is 20.7 Å². The number of methoxy groups -OCH3 is 1. The summed E-state index contributed by atoms with van der Waals surface area (Å²) in [4.78, 5) is 2.23. The zero-order chi connectivity index (χ0) is 10.1. The second kappa shape index (κ2) is 3.59. The first-order chi connectivity index (χ1) is 6.72. The van der Waals surface area contributed by atoms with E-state index < -0.39 is 0 Å². The number of rotatable bonds is 1. The predicted molar refractivity (Wildman–Crippen MR) is 56.3 cm³/mol. The summed E-state index contributed by atoms with van der Waals surface area (Å²) < 4.78 is 5.32. The highest BCUT2D eigenvalue weighted by molar-refractivity contribution is 5.43. The van der Waals surface area contributed by atoms with E-state index in [2.05, 4.69) is 18.0 Å². The molecule has 1 aliphatic heterocycles. The minimum absolute atomic E-state index is 0.0694. The molecule has 1 aliphatic rings. The molecule has 0 bridgehead atoms. The summed E-state index contributed by atoms with van der Waals surface area (Å²) in [6.07, 6.45) is 0. The molecule has 0 saturated heterocycles. The summed E-state index contributed by atoms with van der Waals surface area (Å²) >= 11 is 0. The fourth-order valence-electron chi connectivity index (χ4n) is 2.11. The molecule has 0 saturated carbocycles. The third kappa shape index (κ3) is 1.49. The minimum Gasteiger partial charge on any atom is -0.496 e. The van der Waals surface area contributed by atoms with Crippen molar-refractivity contribution in [1.29, 1.82) is 0 Å². The molecule has 2 rings (SSSR count). The lowest BCUT2D eigenvalue weighted by molar-refractivity contribution is 0.277. The van der Waals surface area contributed by atoms with E-state index in [1.165, 1.54) is 11.1 Å². The molecular formula is C11H16N2O. The normalized spacial score (nSPS) is 21.8. The Morgan fingerprint density at radius 2 is 2.29 bits per heavy atom. The SMILES string of the molecule is COc1cccc2c1C(N)CN(C)C2. The number of nitrogens with two attached hydrogens (primary N) is 1. The number of likely N-dealkylation sites (N-methyl/N-ethyl adjacent to an activating group) is 1. The first kappa shape index (κ1) is 9.49. The predicted octanol–water partition coefficient (Wildman–Crippen LogP) is 1.14. The Labute approximate surface area is 84.5 Å². The topological polar surface area (TPSA) is 38.5 Å². The van der Waals surface area contributed by atoms with Crippen LogP contribution in [0.2, 0.25) is 0 Å². The molecule has 1 aromatic rings. The van der Waals surface area contributed by atoms with Gasteiger partial charge in [-0.3, -0.25) is 0 Å². The minimum atomic E-state index is 0.0694. The number of hydrogen-bond donors (Lipinski definition) is 1. The highest BCUT2D eigenvalue weighted by Gasteiger charge is 2.23. The summed E-state index contributed by atoms with van der Waals surface area (Å²) in [5.74, 6) is 0.920. The zero-order valence-corrected chi connectivity index (χ0v) is 8.66. The summed E-state index contributed by atoms with van der Waals surface area (Å²) in [5.41, 5.74) is 8.55. The van der Waals surface area contributed by atoms with Crippen LogP contribution in [0.4, 0.5) is 0 Å². The number of benzene rings is 1. The van der Waals surface area contributed by atoms with Gasteiger partial charge in [0.2, 0.25) is 0 Å². The van der Waals surface area contributed by atoms with Gasteiger partial charge in [0.15, 0.2) is 0 Å². The lowest BCUT2D eigenvalue weighted by Crippen LogP contribution is -2.34. The lowest BCUT2D eigenvalue weighted by Gasteiger charge is -2.30. The lowest BCUT2D eigenvalue weighted by atomic mass is 9.95. The Hall–Kier alpha value is -1.06. The van der Waals surface area contributed by atoms with Crippen molar-refractivity contribution in [1.82, 2.24) is 4.90 Å². The number of ether oxygens (including phenoxy) is 1. The van der Waals surface area contributed by atoms with Gasteiger partial charge in [-0.25, -0.2) is 0 Å². The first-order valence-corrected chi connectivity index (χ1v) is 4.82. The van der Waals surface area contributed by atoms with E-state index in [1.54, 1.807) is 7.11 Å². The van der Waals surface area contributed by atoms with Crippen molar-refractivity contribution in [2.24, 2.45) is 5.73 Å². The van der Waals surface area contributed by atoms with E-state index in [0.29, 0.717) is 0 Å². The Balaban J connectivity index is 2.47. The molecule has 3 heteroatoms. The molecule has 0 aliphatic carbocycles. The monoisotopic (exact) mass is 192 g/mol. The Kier molecular flexibility index (Phi) is 2.44. The molecule has 76 valence electrons. The van der Waals surface area contributed by atoms with E-state index in [0.717, 1.165) is 18.8 Å². The second-order valence-electron chi connectivity index (χ2n) is 3.84. The van der Waals surface area contributed by atoms with E-state index >= 15 is 0 Å². The smallest absolute Gasteiger partial charge is 0.124 e. The van der Waals surface area contributed by atoms with Crippen LogP contribution in [0.1, 0.15) is 17.2 Å². The van der Waals surface area contributed by atoms with Crippen LogP contribution in [0.25, 0.3) is 0 Å². The van der Waals surface area contributed by atoms with Crippen molar-refractivity contribution in [3.63, 3.8) is 0 Å². The quantitative estimate of drug-likeness (QED) is 0.725. The van der Waals surface area contributed by atoms with Gasteiger partial charge in [-0.1, -0.05) is 12.1 Å². The molecule has 3 nitrogen and oxygen atoms in total. The fourth-order valence-corrected chi connectivity index (χ4v) is 2.11. The second-order valence-corrected chi connectivity index (χ2v) is 3.84. The van der Waals surface area contributed by atoms with Crippen molar-refractivity contribution in [3.05, 3.63) is 29.3 Å². The molecule has 0 amide bonds. The number of fused-ring (bicyclic) bond motifs is 1. The van der Waals surface area contributed by atoms with E-state index in [9.17, 15) is 0 Å². The molecule has 1 atom stereocenters. The van der Waals surface area contributed by atoms with E-state index in [-0.39, 0.29) is 6.04 Å². The Bertz CT molecular complexity index is 338. The average Bonchev–Trinajstić information content (AvgIpc) is 2.16. The largest absolute Gasteiger partial charge is 0.496 e. The molecule has 1 aromatic carbocycles. The van der Waals surface area contributed by atoms with Crippen LogP contribution in [-0.2, 0) is 6.54 Å². The van der Waals surface area contributed by atoms with Gasteiger partial charge in [0.25, 0.3) is 0 Å². The van der Waals surface area contributed by atoms with Gasteiger partial charge in [0, 0.05) is 24.7 Å².